The van der Waals surface area contributed by atoms with E-state index < -0.39 is 22.0 Å². The number of rotatable bonds is 2. The van der Waals surface area contributed by atoms with E-state index in [-0.39, 0.29) is 11.5 Å². The first-order chi connectivity index (χ1) is 7.46. The third-order valence-corrected chi connectivity index (χ3v) is 4.41. The maximum atomic E-state index is 11.3. The fourth-order valence-electron chi connectivity index (χ4n) is 1.92. The number of sulfone groups is 1. The lowest BCUT2D eigenvalue weighted by Crippen LogP contribution is -2.31. The van der Waals surface area contributed by atoms with Crippen LogP contribution in [0.5, 0.6) is 0 Å². The smallest absolute Gasteiger partial charge is 0.155 e. The molecule has 16 heavy (non-hydrogen) atoms. The average Bonchev–Trinajstić information content (AvgIpc) is 2.39. The first-order valence-corrected chi connectivity index (χ1v) is 7.00. The Hall–Kier alpha value is -1.07. The highest BCUT2D eigenvalue weighted by molar-refractivity contribution is 7.91. The molecule has 0 aliphatic carbocycles. The van der Waals surface area contributed by atoms with E-state index in [9.17, 15) is 13.5 Å². The van der Waals surface area contributed by atoms with E-state index in [4.69, 9.17) is 0 Å². The lowest BCUT2D eigenvalue weighted by molar-refractivity contribution is 0.190. The van der Waals surface area contributed by atoms with E-state index in [2.05, 4.69) is 5.32 Å². The minimum Gasteiger partial charge on any atom is -0.390 e. The van der Waals surface area contributed by atoms with Gasteiger partial charge in [0.1, 0.15) is 0 Å². The van der Waals surface area contributed by atoms with Crippen molar-refractivity contribution in [3.8, 4) is 0 Å². The Morgan fingerprint density at radius 3 is 2.69 bits per heavy atom. The minimum absolute atomic E-state index is 0.00209. The second-order valence-electron chi connectivity index (χ2n) is 4.26. The van der Waals surface area contributed by atoms with Crippen LogP contribution in [0.25, 0.3) is 0 Å². The molecule has 0 bridgehead atoms. The van der Waals surface area contributed by atoms with Crippen LogP contribution in [-0.2, 0) is 9.84 Å². The van der Waals surface area contributed by atoms with Crippen LogP contribution >= 0.6 is 0 Å². The van der Waals surface area contributed by atoms with E-state index in [1.54, 1.807) is 0 Å². The normalized spacial score (nSPS) is 27.9. The molecule has 1 fully saturated rings. The maximum absolute atomic E-state index is 11.3. The number of aryl methyl sites for hydroxylation is 1. The standard InChI is InChI=1S/C11H15NO3S/c1-8-3-2-4-9(5-8)12-10-6-16(14,15)7-11(10)13/h2-5,10-13H,6-7H2,1H3/t10-,11-/m1/s1. The first-order valence-electron chi connectivity index (χ1n) is 5.18. The van der Waals surface area contributed by atoms with Gasteiger partial charge < -0.3 is 10.4 Å². The highest BCUT2D eigenvalue weighted by Crippen LogP contribution is 2.18. The van der Waals surface area contributed by atoms with Crippen molar-refractivity contribution in [2.75, 3.05) is 16.8 Å². The molecule has 1 aromatic carbocycles. The molecule has 1 aromatic rings. The van der Waals surface area contributed by atoms with E-state index in [1.165, 1.54) is 0 Å². The zero-order valence-electron chi connectivity index (χ0n) is 9.05. The summed E-state index contributed by atoms with van der Waals surface area (Å²) < 4.78 is 22.6. The van der Waals surface area contributed by atoms with Gasteiger partial charge in [0, 0.05) is 5.69 Å². The molecule has 4 nitrogen and oxygen atoms in total. The molecule has 0 unspecified atom stereocenters. The summed E-state index contributed by atoms with van der Waals surface area (Å²) in [5.41, 5.74) is 1.95. The predicted molar refractivity (Wildman–Crippen MR) is 63.3 cm³/mol. The lowest BCUT2D eigenvalue weighted by Gasteiger charge is -2.16. The number of benzene rings is 1. The summed E-state index contributed by atoms with van der Waals surface area (Å²) in [4.78, 5) is 0. The molecule has 0 aromatic heterocycles. The minimum atomic E-state index is -3.09. The Balaban J connectivity index is 2.11. The number of aliphatic hydroxyl groups is 1. The molecule has 5 heteroatoms. The van der Waals surface area contributed by atoms with Crippen molar-refractivity contribution in [1.29, 1.82) is 0 Å². The van der Waals surface area contributed by atoms with Crippen LogP contribution in [0.2, 0.25) is 0 Å². The van der Waals surface area contributed by atoms with E-state index in [0.717, 1.165) is 11.3 Å². The van der Waals surface area contributed by atoms with Crippen molar-refractivity contribution in [3.05, 3.63) is 29.8 Å². The summed E-state index contributed by atoms with van der Waals surface area (Å²) in [6, 6.07) is 7.26. The third kappa shape index (κ3) is 2.54. The van der Waals surface area contributed by atoms with Crippen LogP contribution < -0.4 is 5.32 Å². The monoisotopic (exact) mass is 241 g/mol. The number of hydrogen-bond acceptors (Lipinski definition) is 4. The van der Waals surface area contributed by atoms with E-state index >= 15 is 0 Å². The number of anilines is 1. The summed E-state index contributed by atoms with van der Waals surface area (Å²) in [6.07, 6.45) is -0.814. The van der Waals surface area contributed by atoms with Gasteiger partial charge in [-0.15, -0.1) is 0 Å². The summed E-state index contributed by atoms with van der Waals surface area (Å²) in [5.74, 6) is -0.140. The summed E-state index contributed by atoms with van der Waals surface area (Å²) >= 11 is 0. The Morgan fingerprint density at radius 1 is 1.38 bits per heavy atom. The van der Waals surface area contributed by atoms with Crippen molar-refractivity contribution < 1.29 is 13.5 Å². The molecule has 0 spiro atoms. The average molecular weight is 241 g/mol. The molecular formula is C11H15NO3S. The molecule has 1 aliphatic heterocycles. The van der Waals surface area contributed by atoms with E-state index in [1.807, 2.05) is 31.2 Å². The zero-order chi connectivity index (χ0) is 11.8. The highest BCUT2D eigenvalue weighted by Gasteiger charge is 2.36. The fraction of sp³-hybridized carbons (Fsp3) is 0.455. The maximum Gasteiger partial charge on any atom is 0.155 e. The van der Waals surface area contributed by atoms with Crippen molar-refractivity contribution in [3.63, 3.8) is 0 Å². The van der Waals surface area contributed by atoms with Gasteiger partial charge in [-0.05, 0) is 24.6 Å². The number of aliphatic hydroxyl groups excluding tert-OH is 1. The van der Waals surface area contributed by atoms with Crippen molar-refractivity contribution >= 4 is 15.5 Å². The largest absolute Gasteiger partial charge is 0.390 e. The Kier molecular flexibility index (Phi) is 2.90. The highest BCUT2D eigenvalue weighted by atomic mass is 32.2. The Labute approximate surface area is 95.2 Å². The number of hydrogen-bond donors (Lipinski definition) is 2. The SMILES string of the molecule is Cc1cccc(N[C@@H]2CS(=O)(=O)C[C@H]2O)c1. The Morgan fingerprint density at radius 2 is 2.12 bits per heavy atom. The van der Waals surface area contributed by atoms with Gasteiger partial charge in [-0.1, -0.05) is 12.1 Å². The van der Waals surface area contributed by atoms with Gasteiger partial charge in [0.25, 0.3) is 0 Å². The molecular weight excluding hydrogens is 226 g/mol. The number of nitrogens with one attached hydrogen (secondary N) is 1. The molecule has 1 heterocycles. The van der Waals surface area contributed by atoms with Crippen LogP contribution in [0.3, 0.4) is 0 Å². The molecule has 0 amide bonds. The van der Waals surface area contributed by atoms with Gasteiger partial charge in [-0.2, -0.15) is 0 Å². The predicted octanol–water partition coefficient (Wildman–Crippen LogP) is 0.565. The van der Waals surface area contributed by atoms with Crippen LogP contribution in [0.1, 0.15) is 5.56 Å². The van der Waals surface area contributed by atoms with Crippen molar-refractivity contribution in [2.45, 2.75) is 19.1 Å². The van der Waals surface area contributed by atoms with Crippen molar-refractivity contribution in [2.24, 2.45) is 0 Å². The lowest BCUT2D eigenvalue weighted by atomic mass is 10.1. The van der Waals surface area contributed by atoms with Gasteiger partial charge >= 0.3 is 0 Å². The topological polar surface area (TPSA) is 66.4 Å². The fourth-order valence-corrected chi connectivity index (χ4v) is 3.66. The molecule has 1 saturated heterocycles. The van der Waals surface area contributed by atoms with Crippen LogP contribution in [0.15, 0.2) is 24.3 Å². The van der Waals surface area contributed by atoms with Crippen molar-refractivity contribution in [1.82, 2.24) is 0 Å². The molecule has 2 rings (SSSR count). The van der Waals surface area contributed by atoms with Crippen LogP contribution in [0, 0.1) is 6.92 Å². The second kappa shape index (κ2) is 4.07. The zero-order valence-corrected chi connectivity index (χ0v) is 9.87. The molecule has 0 saturated carbocycles. The van der Waals surface area contributed by atoms with Crippen LogP contribution in [0.4, 0.5) is 5.69 Å². The molecule has 2 N–H and O–H groups in total. The van der Waals surface area contributed by atoms with Crippen LogP contribution in [-0.4, -0.2) is 37.2 Å². The van der Waals surface area contributed by atoms with Gasteiger partial charge in [-0.3, -0.25) is 0 Å². The summed E-state index contributed by atoms with van der Waals surface area (Å²) in [5, 5.41) is 12.7. The van der Waals surface area contributed by atoms with Gasteiger partial charge in [-0.25, -0.2) is 8.42 Å². The third-order valence-electron chi connectivity index (χ3n) is 2.69. The van der Waals surface area contributed by atoms with Gasteiger partial charge in [0.2, 0.25) is 0 Å². The summed E-state index contributed by atoms with van der Waals surface area (Å²) in [6.45, 7) is 1.97. The first kappa shape index (κ1) is 11.4. The molecule has 88 valence electrons. The van der Waals surface area contributed by atoms with E-state index in [0.29, 0.717) is 0 Å². The molecule has 2 atom stereocenters. The summed E-state index contributed by atoms with van der Waals surface area (Å²) in [7, 11) is -3.09. The quantitative estimate of drug-likeness (QED) is 0.794. The molecule has 0 radical (unpaired) electrons. The molecule has 1 aliphatic rings. The Bertz CT molecular complexity index is 484. The van der Waals surface area contributed by atoms with Gasteiger partial charge in [0.05, 0.1) is 23.7 Å². The second-order valence-corrected chi connectivity index (χ2v) is 6.42. The van der Waals surface area contributed by atoms with Gasteiger partial charge in [0.15, 0.2) is 9.84 Å².